The summed E-state index contributed by atoms with van der Waals surface area (Å²) in [4.78, 5) is 39.1. The van der Waals surface area contributed by atoms with Crippen molar-refractivity contribution in [3.05, 3.63) is 108 Å². The van der Waals surface area contributed by atoms with Crippen LogP contribution in [-0.4, -0.2) is 33.7 Å². The number of nitrogens with zero attached hydrogens (tertiary/aromatic N) is 1. The molecule has 1 saturated heterocycles. The Hall–Kier alpha value is -3.73. The summed E-state index contributed by atoms with van der Waals surface area (Å²) in [7, 11) is 0. The number of carboxylic acids is 1. The van der Waals surface area contributed by atoms with Crippen molar-refractivity contribution in [3.8, 4) is 0 Å². The number of amides is 1. The molecule has 5 nitrogen and oxygen atoms in total. The minimum atomic E-state index is -1.06. The summed E-state index contributed by atoms with van der Waals surface area (Å²) >= 11 is 0. The fourth-order valence-corrected chi connectivity index (χ4v) is 4.75. The molecular weight excluding hydrogens is 390 g/mol. The van der Waals surface area contributed by atoms with E-state index < -0.39 is 23.5 Å². The van der Waals surface area contributed by atoms with E-state index in [0.29, 0.717) is 0 Å². The van der Waals surface area contributed by atoms with E-state index in [0.717, 1.165) is 16.7 Å². The molecule has 2 atom stereocenters. The highest BCUT2D eigenvalue weighted by Crippen LogP contribution is 2.49. The Morgan fingerprint density at radius 1 is 0.806 bits per heavy atom. The molecule has 31 heavy (non-hydrogen) atoms. The van der Waals surface area contributed by atoms with Gasteiger partial charge in [-0.2, -0.15) is 0 Å². The predicted molar refractivity (Wildman–Crippen MR) is 116 cm³/mol. The quantitative estimate of drug-likeness (QED) is 0.363. The van der Waals surface area contributed by atoms with Gasteiger partial charge in [-0.1, -0.05) is 91.0 Å². The summed E-state index contributed by atoms with van der Waals surface area (Å²) in [6.45, 7) is 1.35. The first kappa shape index (κ1) is 20.5. The number of aliphatic carboxylic acids is 1. The molecule has 1 amide bonds. The molecule has 0 aromatic heterocycles. The largest absolute Gasteiger partial charge is 0.481 e. The highest BCUT2D eigenvalue weighted by molar-refractivity contribution is 6.07. The lowest BCUT2D eigenvalue weighted by atomic mass is 9.69. The second-order valence-corrected chi connectivity index (χ2v) is 7.77. The summed E-state index contributed by atoms with van der Waals surface area (Å²) in [6, 6.07) is 28.0. The Morgan fingerprint density at radius 3 is 1.52 bits per heavy atom. The van der Waals surface area contributed by atoms with Crippen LogP contribution >= 0.6 is 0 Å². The molecular formula is C26H23NO4. The van der Waals surface area contributed by atoms with Gasteiger partial charge >= 0.3 is 5.97 Å². The van der Waals surface area contributed by atoms with Gasteiger partial charge in [-0.05, 0) is 23.6 Å². The summed E-state index contributed by atoms with van der Waals surface area (Å²) in [5.41, 5.74) is 1.43. The minimum absolute atomic E-state index is 0.301. The van der Waals surface area contributed by atoms with Gasteiger partial charge in [0.2, 0.25) is 5.91 Å². The second kappa shape index (κ2) is 8.19. The molecule has 1 aliphatic heterocycles. The van der Waals surface area contributed by atoms with E-state index in [2.05, 4.69) is 0 Å². The number of hydrogen-bond acceptors (Lipinski definition) is 3. The molecule has 0 saturated carbocycles. The Balaban J connectivity index is 2.04. The van der Waals surface area contributed by atoms with Crippen LogP contribution in [-0.2, 0) is 19.9 Å². The number of likely N-dealkylation sites (tertiary alicyclic amines) is 1. The minimum Gasteiger partial charge on any atom is -0.481 e. The van der Waals surface area contributed by atoms with E-state index in [-0.39, 0.29) is 18.1 Å². The molecule has 1 N–H and O–H groups in total. The van der Waals surface area contributed by atoms with Crippen molar-refractivity contribution >= 4 is 17.7 Å². The zero-order valence-electron chi connectivity index (χ0n) is 17.1. The molecule has 1 heterocycles. The first-order chi connectivity index (χ1) is 15.0. The van der Waals surface area contributed by atoms with E-state index in [9.17, 15) is 19.5 Å². The lowest BCUT2D eigenvalue weighted by molar-refractivity contribution is -0.170. The smallest absolute Gasteiger partial charge is 0.305 e. The van der Waals surface area contributed by atoms with E-state index in [1.165, 1.54) is 6.92 Å². The number of ketones is 1. The second-order valence-electron chi connectivity index (χ2n) is 7.77. The number of hydrogen-bond donors (Lipinski definition) is 1. The number of β-lactam (4-membered cyclic amide) rings is 1. The Labute approximate surface area is 180 Å². The number of rotatable bonds is 7. The summed E-state index contributed by atoms with van der Waals surface area (Å²) in [6.07, 6.45) is -0.301. The zero-order valence-corrected chi connectivity index (χ0v) is 17.1. The first-order valence-electron chi connectivity index (χ1n) is 10.2. The fourth-order valence-electron chi connectivity index (χ4n) is 4.75. The van der Waals surface area contributed by atoms with Crippen LogP contribution in [0.1, 0.15) is 30.0 Å². The Morgan fingerprint density at radius 2 is 1.19 bits per heavy atom. The van der Waals surface area contributed by atoms with Crippen molar-refractivity contribution in [2.24, 2.45) is 5.92 Å². The molecule has 1 fully saturated rings. The van der Waals surface area contributed by atoms with E-state index in [4.69, 9.17) is 0 Å². The van der Waals surface area contributed by atoms with Crippen LogP contribution in [0.25, 0.3) is 0 Å². The van der Waals surface area contributed by atoms with Crippen LogP contribution in [0.5, 0.6) is 0 Å². The van der Waals surface area contributed by atoms with Crippen molar-refractivity contribution in [2.45, 2.75) is 24.9 Å². The van der Waals surface area contributed by atoms with E-state index >= 15 is 0 Å². The monoisotopic (exact) mass is 413 g/mol. The number of carboxylic acid groups (broad SMARTS) is 1. The SMILES string of the molecule is CC(=O)C1C(=O)N(C(c2ccccc2)(c2ccccc2)c2ccccc2)C1CC(=O)O. The average molecular weight is 413 g/mol. The van der Waals surface area contributed by atoms with Gasteiger partial charge in [0.1, 0.15) is 17.2 Å². The summed E-state index contributed by atoms with van der Waals surface area (Å²) in [5.74, 6) is -2.66. The number of Topliss-reactive ketones (excluding diaryl/α,β-unsaturated/α-hetero) is 1. The van der Waals surface area contributed by atoms with Crippen molar-refractivity contribution < 1.29 is 19.5 Å². The molecule has 156 valence electrons. The predicted octanol–water partition coefficient (Wildman–Crippen LogP) is 3.87. The average Bonchev–Trinajstić information content (AvgIpc) is 2.78. The molecule has 5 heteroatoms. The van der Waals surface area contributed by atoms with Crippen LogP contribution in [0.4, 0.5) is 0 Å². The third-order valence-electron chi connectivity index (χ3n) is 5.98. The first-order valence-corrected chi connectivity index (χ1v) is 10.2. The van der Waals surface area contributed by atoms with Gasteiger partial charge in [-0.3, -0.25) is 14.4 Å². The van der Waals surface area contributed by atoms with Crippen molar-refractivity contribution in [3.63, 3.8) is 0 Å². The van der Waals surface area contributed by atoms with Crippen molar-refractivity contribution in [2.75, 3.05) is 0 Å². The number of carbonyl (C=O) groups excluding carboxylic acids is 2. The number of benzene rings is 3. The summed E-state index contributed by atoms with van der Waals surface area (Å²) in [5, 5.41) is 9.58. The van der Waals surface area contributed by atoms with E-state index in [1.54, 1.807) is 4.90 Å². The molecule has 3 aromatic carbocycles. The topological polar surface area (TPSA) is 74.7 Å². The highest BCUT2D eigenvalue weighted by Gasteiger charge is 2.60. The Kier molecular flexibility index (Phi) is 5.42. The molecule has 1 aliphatic rings. The van der Waals surface area contributed by atoms with Gasteiger partial charge < -0.3 is 10.0 Å². The molecule has 2 unspecified atom stereocenters. The maximum Gasteiger partial charge on any atom is 0.305 e. The van der Waals surface area contributed by atoms with Crippen LogP contribution in [0, 0.1) is 5.92 Å². The molecule has 0 aliphatic carbocycles. The van der Waals surface area contributed by atoms with E-state index in [1.807, 2.05) is 91.0 Å². The standard InChI is InChI=1S/C26H23NO4/c1-18(28)24-22(17-23(29)30)27(25(24)31)26(19-11-5-2-6-12-19,20-13-7-3-8-14-20)21-15-9-4-10-16-21/h2-16,22,24H,17H2,1H3,(H,29,30). The molecule has 0 spiro atoms. The fraction of sp³-hybridized carbons (Fsp3) is 0.192. The van der Waals surface area contributed by atoms with Gasteiger partial charge in [0, 0.05) is 0 Å². The van der Waals surface area contributed by atoms with Crippen LogP contribution in [0.3, 0.4) is 0 Å². The summed E-state index contributed by atoms with van der Waals surface area (Å²) < 4.78 is 0. The normalized spacial score (nSPS) is 18.4. The molecule has 0 radical (unpaired) electrons. The maximum atomic E-state index is 13.5. The maximum absolute atomic E-state index is 13.5. The van der Waals surface area contributed by atoms with Crippen LogP contribution < -0.4 is 0 Å². The van der Waals surface area contributed by atoms with Gasteiger partial charge in [-0.15, -0.1) is 0 Å². The number of carbonyl (C=O) groups is 3. The van der Waals surface area contributed by atoms with Gasteiger partial charge in [0.25, 0.3) is 0 Å². The lowest BCUT2D eigenvalue weighted by Crippen LogP contribution is -2.70. The third-order valence-corrected chi connectivity index (χ3v) is 5.98. The van der Waals surface area contributed by atoms with Crippen molar-refractivity contribution in [1.82, 2.24) is 4.90 Å². The van der Waals surface area contributed by atoms with Gasteiger partial charge in [0.15, 0.2) is 0 Å². The lowest BCUT2D eigenvalue weighted by Gasteiger charge is -2.57. The van der Waals surface area contributed by atoms with Gasteiger partial charge in [0.05, 0.1) is 12.5 Å². The van der Waals surface area contributed by atoms with Crippen LogP contribution in [0.15, 0.2) is 91.0 Å². The van der Waals surface area contributed by atoms with Crippen LogP contribution in [0.2, 0.25) is 0 Å². The molecule has 3 aromatic rings. The highest BCUT2D eigenvalue weighted by atomic mass is 16.4. The third kappa shape index (κ3) is 3.32. The zero-order chi connectivity index (χ0) is 22.0. The molecule has 0 bridgehead atoms. The van der Waals surface area contributed by atoms with Gasteiger partial charge in [-0.25, -0.2) is 0 Å². The van der Waals surface area contributed by atoms with Crippen molar-refractivity contribution in [1.29, 1.82) is 0 Å². The molecule has 4 rings (SSSR count). The Bertz CT molecular complexity index is 999.